The van der Waals surface area contributed by atoms with E-state index in [1.165, 1.54) is 0 Å². The Morgan fingerprint density at radius 3 is 2.45 bits per heavy atom. The van der Waals surface area contributed by atoms with Crippen LogP contribution in [-0.4, -0.2) is 12.1 Å². The smallest absolute Gasteiger partial charge is 0.131 e. The van der Waals surface area contributed by atoms with Gasteiger partial charge in [-0.2, -0.15) is 0 Å². The molecule has 0 amide bonds. The molecule has 3 aromatic rings. The molecule has 3 rings (SSSR count). The third-order valence-corrected chi connectivity index (χ3v) is 3.54. The number of nitrogens with two attached hydrogens (primary N) is 2. The standard InChI is InChI=1S/C18H17N3O/c1-22-17-8-3-2-7-15(17)16-10-13(11-21-18(16)20)12-5-4-6-14(19)9-12/h2-11H,19H2,1H3,(H2,20,21). The molecule has 0 atom stereocenters. The lowest BCUT2D eigenvalue weighted by atomic mass is 10.00. The van der Waals surface area contributed by atoms with Gasteiger partial charge in [-0.15, -0.1) is 0 Å². The van der Waals surface area contributed by atoms with Crippen LogP contribution < -0.4 is 16.2 Å². The van der Waals surface area contributed by atoms with E-state index in [1.54, 1.807) is 13.3 Å². The van der Waals surface area contributed by atoms with Crippen LogP contribution in [0.4, 0.5) is 11.5 Å². The van der Waals surface area contributed by atoms with E-state index in [4.69, 9.17) is 16.2 Å². The maximum absolute atomic E-state index is 6.06. The number of nitrogens with zero attached hydrogens (tertiary/aromatic N) is 1. The minimum atomic E-state index is 0.470. The second-order valence-corrected chi connectivity index (χ2v) is 4.98. The summed E-state index contributed by atoms with van der Waals surface area (Å²) in [6, 6.07) is 17.4. The number of hydrogen-bond acceptors (Lipinski definition) is 4. The molecule has 4 nitrogen and oxygen atoms in total. The molecule has 0 radical (unpaired) electrons. The van der Waals surface area contributed by atoms with Crippen LogP contribution in [0.3, 0.4) is 0 Å². The van der Waals surface area contributed by atoms with Crippen molar-refractivity contribution in [3.63, 3.8) is 0 Å². The van der Waals surface area contributed by atoms with Crippen LogP contribution in [0.2, 0.25) is 0 Å². The van der Waals surface area contributed by atoms with Crippen molar-refractivity contribution in [2.45, 2.75) is 0 Å². The summed E-state index contributed by atoms with van der Waals surface area (Å²) in [4.78, 5) is 4.32. The Morgan fingerprint density at radius 1 is 0.864 bits per heavy atom. The summed E-state index contributed by atoms with van der Waals surface area (Å²) in [6.45, 7) is 0. The molecule has 2 aromatic carbocycles. The molecular weight excluding hydrogens is 274 g/mol. The summed E-state index contributed by atoms with van der Waals surface area (Å²) >= 11 is 0. The summed E-state index contributed by atoms with van der Waals surface area (Å²) in [5, 5.41) is 0. The van der Waals surface area contributed by atoms with E-state index in [0.717, 1.165) is 28.0 Å². The number of methoxy groups -OCH3 is 1. The number of para-hydroxylation sites is 1. The predicted molar refractivity (Wildman–Crippen MR) is 90.5 cm³/mol. The maximum atomic E-state index is 6.06. The number of benzene rings is 2. The number of pyridine rings is 1. The molecule has 0 fully saturated rings. The second kappa shape index (κ2) is 5.77. The minimum Gasteiger partial charge on any atom is -0.496 e. The zero-order valence-electron chi connectivity index (χ0n) is 12.3. The van der Waals surface area contributed by atoms with Gasteiger partial charge in [-0.1, -0.05) is 30.3 Å². The zero-order valence-corrected chi connectivity index (χ0v) is 12.3. The first-order valence-corrected chi connectivity index (χ1v) is 6.94. The summed E-state index contributed by atoms with van der Waals surface area (Å²) in [7, 11) is 1.64. The van der Waals surface area contributed by atoms with E-state index < -0.39 is 0 Å². The first kappa shape index (κ1) is 13.9. The minimum absolute atomic E-state index is 0.470. The number of rotatable bonds is 3. The fourth-order valence-electron chi connectivity index (χ4n) is 2.43. The van der Waals surface area contributed by atoms with Crippen molar-refractivity contribution >= 4 is 11.5 Å². The van der Waals surface area contributed by atoms with Gasteiger partial charge in [-0.05, 0) is 29.8 Å². The van der Waals surface area contributed by atoms with Crippen LogP contribution in [0, 0.1) is 0 Å². The Morgan fingerprint density at radius 2 is 1.68 bits per heavy atom. The Labute approximate surface area is 129 Å². The Kier molecular flexibility index (Phi) is 3.66. The zero-order chi connectivity index (χ0) is 15.5. The van der Waals surface area contributed by atoms with Gasteiger partial charge in [0.05, 0.1) is 7.11 Å². The monoisotopic (exact) mass is 291 g/mol. The molecule has 0 aliphatic heterocycles. The van der Waals surface area contributed by atoms with Gasteiger partial charge >= 0.3 is 0 Å². The fraction of sp³-hybridized carbons (Fsp3) is 0.0556. The molecule has 1 aromatic heterocycles. The van der Waals surface area contributed by atoms with Crippen LogP contribution in [0.25, 0.3) is 22.3 Å². The predicted octanol–water partition coefficient (Wildman–Crippen LogP) is 3.59. The van der Waals surface area contributed by atoms with Crippen LogP contribution in [0.5, 0.6) is 5.75 Å². The fourth-order valence-corrected chi connectivity index (χ4v) is 2.43. The molecule has 0 spiro atoms. The number of hydrogen-bond donors (Lipinski definition) is 2. The number of nitrogen functional groups attached to an aromatic ring is 2. The highest BCUT2D eigenvalue weighted by Gasteiger charge is 2.11. The number of anilines is 2. The highest BCUT2D eigenvalue weighted by Crippen LogP contribution is 2.35. The molecule has 0 saturated heterocycles. The highest BCUT2D eigenvalue weighted by atomic mass is 16.5. The van der Waals surface area contributed by atoms with Crippen molar-refractivity contribution in [1.82, 2.24) is 4.98 Å². The van der Waals surface area contributed by atoms with Crippen LogP contribution in [0.1, 0.15) is 0 Å². The largest absolute Gasteiger partial charge is 0.496 e. The highest BCUT2D eigenvalue weighted by molar-refractivity contribution is 5.82. The van der Waals surface area contributed by atoms with Gasteiger partial charge in [0.2, 0.25) is 0 Å². The Hall–Kier alpha value is -3.01. The van der Waals surface area contributed by atoms with Crippen molar-refractivity contribution < 1.29 is 4.74 Å². The van der Waals surface area contributed by atoms with E-state index in [2.05, 4.69) is 4.98 Å². The normalized spacial score (nSPS) is 10.4. The van der Waals surface area contributed by atoms with Gasteiger partial charge in [0.1, 0.15) is 11.6 Å². The molecule has 0 saturated carbocycles. The van der Waals surface area contributed by atoms with E-state index in [1.807, 2.05) is 54.6 Å². The average molecular weight is 291 g/mol. The molecule has 1 heterocycles. The lowest BCUT2D eigenvalue weighted by Gasteiger charge is -2.12. The Bertz CT molecular complexity index is 815. The van der Waals surface area contributed by atoms with Gasteiger partial charge < -0.3 is 16.2 Å². The first-order valence-electron chi connectivity index (χ1n) is 6.94. The van der Waals surface area contributed by atoms with Crippen molar-refractivity contribution in [3.8, 4) is 28.0 Å². The summed E-state index contributed by atoms with van der Waals surface area (Å²) < 4.78 is 5.42. The van der Waals surface area contributed by atoms with Gasteiger partial charge in [-0.3, -0.25) is 0 Å². The summed E-state index contributed by atoms with van der Waals surface area (Å²) in [5.74, 6) is 1.23. The molecule has 0 aliphatic carbocycles. The molecule has 22 heavy (non-hydrogen) atoms. The topological polar surface area (TPSA) is 74.2 Å². The SMILES string of the molecule is COc1ccccc1-c1cc(-c2cccc(N)c2)cnc1N. The van der Waals surface area contributed by atoms with Gasteiger partial charge in [-0.25, -0.2) is 4.98 Å². The molecule has 4 N–H and O–H groups in total. The van der Waals surface area contributed by atoms with Gasteiger partial charge in [0.15, 0.2) is 0 Å². The third-order valence-electron chi connectivity index (χ3n) is 3.54. The molecule has 4 heteroatoms. The van der Waals surface area contributed by atoms with Crippen molar-refractivity contribution in [1.29, 1.82) is 0 Å². The third kappa shape index (κ3) is 2.59. The van der Waals surface area contributed by atoms with Crippen LogP contribution in [0.15, 0.2) is 60.8 Å². The Balaban J connectivity index is 2.15. The second-order valence-electron chi connectivity index (χ2n) is 4.98. The summed E-state index contributed by atoms with van der Waals surface area (Å²) in [6.07, 6.45) is 1.75. The van der Waals surface area contributed by atoms with Crippen LogP contribution >= 0.6 is 0 Å². The van der Waals surface area contributed by atoms with Crippen molar-refractivity contribution in [3.05, 3.63) is 60.8 Å². The quantitative estimate of drug-likeness (QED) is 0.723. The molecule has 0 unspecified atom stereocenters. The lowest BCUT2D eigenvalue weighted by molar-refractivity contribution is 0.416. The number of aromatic nitrogens is 1. The first-order chi connectivity index (χ1) is 10.7. The molecule has 110 valence electrons. The molecular formula is C18H17N3O. The van der Waals surface area contributed by atoms with E-state index >= 15 is 0 Å². The van der Waals surface area contributed by atoms with E-state index in [0.29, 0.717) is 11.5 Å². The number of ether oxygens (including phenoxy) is 1. The molecule has 0 bridgehead atoms. The average Bonchev–Trinajstić information content (AvgIpc) is 2.55. The van der Waals surface area contributed by atoms with Gasteiger partial charge in [0.25, 0.3) is 0 Å². The van der Waals surface area contributed by atoms with E-state index in [-0.39, 0.29) is 0 Å². The summed E-state index contributed by atoms with van der Waals surface area (Å²) in [5.41, 5.74) is 16.4. The van der Waals surface area contributed by atoms with Gasteiger partial charge in [0, 0.05) is 28.6 Å². The lowest BCUT2D eigenvalue weighted by Crippen LogP contribution is -1.97. The van der Waals surface area contributed by atoms with Crippen LogP contribution in [-0.2, 0) is 0 Å². The van der Waals surface area contributed by atoms with Crippen molar-refractivity contribution in [2.24, 2.45) is 0 Å². The molecule has 0 aliphatic rings. The van der Waals surface area contributed by atoms with Crippen molar-refractivity contribution in [2.75, 3.05) is 18.6 Å². The maximum Gasteiger partial charge on any atom is 0.131 e. The van der Waals surface area contributed by atoms with E-state index in [9.17, 15) is 0 Å².